The van der Waals surface area contributed by atoms with Gasteiger partial charge in [-0.15, -0.1) is 5.10 Å². The van der Waals surface area contributed by atoms with Crippen LogP contribution < -0.4 is 10.2 Å². The van der Waals surface area contributed by atoms with Gasteiger partial charge in [-0.1, -0.05) is 6.92 Å². The molecule has 1 atom stereocenters. The quantitative estimate of drug-likeness (QED) is 0.627. The van der Waals surface area contributed by atoms with Crippen LogP contribution in [0.3, 0.4) is 0 Å². The number of nitrogens with one attached hydrogen (secondary N) is 1. The van der Waals surface area contributed by atoms with Crippen LogP contribution >= 0.6 is 0 Å². The number of hydrogen-bond donors (Lipinski definition) is 1. The maximum atomic E-state index is 14.1. The fourth-order valence-corrected chi connectivity index (χ4v) is 3.85. The smallest absolute Gasteiger partial charge is 0.303 e. The molecule has 1 fully saturated rings. The molecule has 0 aromatic carbocycles. The molecule has 3 aromatic rings. The summed E-state index contributed by atoms with van der Waals surface area (Å²) in [6, 6.07) is 5.60. The highest BCUT2D eigenvalue weighted by Gasteiger charge is 2.36. The Hall–Kier alpha value is -3.68. The summed E-state index contributed by atoms with van der Waals surface area (Å²) in [5, 5.41) is 17.5. The van der Waals surface area contributed by atoms with Crippen molar-refractivity contribution < 1.29 is 13.6 Å². The van der Waals surface area contributed by atoms with E-state index in [1.165, 1.54) is 11.6 Å². The van der Waals surface area contributed by atoms with Gasteiger partial charge < -0.3 is 10.2 Å². The molecule has 172 valence electrons. The predicted octanol–water partition coefficient (Wildman–Crippen LogP) is 3.58. The summed E-state index contributed by atoms with van der Waals surface area (Å²) in [4.78, 5) is 25.9. The Morgan fingerprint density at radius 2 is 2.12 bits per heavy atom. The number of aromatic nitrogens is 5. The first-order valence-electron chi connectivity index (χ1n) is 10.6. The summed E-state index contributed by atoms with van der Waals surface area (Å²) in [7, 11) is 0. The number of halogens is 2. The van der Waals surface area contributed by atoms with Crippen molar-refractivity contribution >= 4 is 28.4 Å². The number of amides is 1. The Labute approximate surface area is 189 Å². The van der Waals surface area contributed by atoms with Gasteiger partial charge in [0.25, 0.3) is 0 Å². The Bertz CT molecular complexity index is 1280. The van der Waals surface area contributed by atoms with Gasteiger partial charge in [-0.25, -0.2) is 19.6 Å². The third-order valence-corrected chi connectivity index (χ3v) is 5.63. The van der Waals surface area contributed by atoms with Crippen LogP contribution in [0.15, 0.2) is 18.3 Å². The van der Waals surface area contributed by atoms with Gasteiger partial charge in [0.15, 0.2) is 11.6 Å². The topological polar surface area (TPSA) is 113 Å². The lowest BCUT2D eigenvalue weighted by molar-refractivity contribution is -0.114. The molecule has 11 heteroatoms. The van der Waals surface area contributed by atoms with Crippen molar-refractivity contribution in [2.45, 2.75) is 46.5 Å². The molecular weight excluding hydrogens is 430 g/mol. The molecule has 1 N–H and O–H groups in total. The largest absolute Gasteiger partial charge is 0.353 e. The Balaban J connectivity index is 1.92. The maximum Gasteiger partial charge on any atom is 0.303 e. The SMILES string of the molecule is CCc1cc(-n2nc(N3CCC(C)(C#N)C3)c3cnc(NC(C)=O)cc32)nc(C(C)(F)F)n1. The number of carbonyl (C=O) groups is 1. The average Bonchev–Trinajstić information content (AvgIpc) is 3.33. The monoisotopic (exact) mass is 454 g/mol. The molecule has 9 nitrogen and oxygen atoms in total. The maximum absolute atomic E-state index is 14.1. The molecule has 0 saturated carbocycles. The highest BCUT2D eigenvalue weighted by atomic mass is 19.3. The molecule has 1 saturated heterocycles. The second-order valence-electron chi connectivity index (χ2n) is 8.63. The van der Waals surface area contributed by atoms with E-state index in [1.54, 1.807) is 18.3 Å². The molecule has 3 aromatic heterocycles. The van der Waals surface area contributed by atoms with Crippen molar-refractivity contribution in [2.75, 3.05) is 23.3 Å². The van der Waals surface area contributed by atoms with Crippen molar-refractivity contribution in [1.82, 2.24) is 24.7 Å². The minimum Gasteiger partial charge on any atom is -0.353 e. The van der Waals surface area contributed by atoms with Crippen LogP contribution in [0.2, 0.25) is 0 Å². The number of nitriles is 1. The van der Waals surface area contributed by atoms with E-state index >= 15 is 0 Å². The van der Waals surface area contributed by atoms with E-state index in [-0.39, 0.29) is 11.7 Å². The number of carbonyl (C=O) groups excluding carboxylic acids is 1. The van der Waals surface area contributed by atoms with Crippen molar-refractivity contribution in [2.24, 2.45) is 5.41 Å². The lowest BCUT2D eigenvalue weighted by atomic mass is 9.92. The molecular formula is C22H24F2N8O. The van der Waals surface area contributed by atoms with E-state index in [1.807, 2.05) is 18.7 Å². The van der Waals surface area contributed by atoms with Crippen molar-refractivity contribution in [3.8, 4) is 11.9 Å². The Morgan fingerprint density at radius 1 is 1.36 bits per heavy atom. The van der Waals surface area contributed by atoms with E-state index in [4.69, 9.17) is 5.10 Å². The summed E-state index contributed by atoms with van der Waals surface area (Å²) in [5.41, 5.74) is 0.484. The van der Waals surface area contributed by atoms with E-state index in [9.17, 15) is 18.8 Å². The predicted molar refractivity (Wildman–Crippen MR) is 118 cm³/mol. The first-order chi connectivity index (χ1) is 15.5. The molecule has 0 bridgehead atoms. The number of anilines is 2. The molecule has 0 aliphatic carbocycles. The molecule has 1 aliphatic heterocycles. The normalized spacial score (nSPS) is 18.5. The van der Waals surface area contributed by atoms with E-state index in [0.717, 1.165) is 6.92 Å². The number of fused-ring (bicyclic) bond motifs is 1. The van der Waals surface area contributed by atoms with Crippen molar-refractivity contribution in [1.29, 1.82) is 5.26 Å². The minimum atomic E-state index is -3.22. The van der Waals surface area contributed by atoms with Crippen molar-refractivity contribution in [3.63, 3.8) is 0 Å². The highest BCUT2D eigenvalue weighted by molar-refractivity contribution is 5.95. The fraction of sp³-hybridized carbons (Fsp3) is 0.455. The van der Waals surface area contributed by atoms with Gasteiger partial charge >= 0.3 is 5.92 Å². The first kappa shape index (κ1) is 22.5. The minimum absolute atomic E-state index is 0.192. The van der Waals surface area contributed by atoms with Crippen molar-refractivity contribution in [3.05, 3.63) is 29.8 Å². The van der Waals surface area contributed by atoms with Gasteiger partial charge in [-0.05, 0) is 19.8 Å². The van der Waals surface area contributed by atoms with Gasteiger partial charge in [0.1, 0.15) is 5.82 Å². The molecule has 1 aliphatic rings. The molecule has 1 unspecified atom stereocenters. The fourth-order valence-electron chi connectivity index (χ4n) is 3.85. The third-order valence-electron chi connectivity index (χ3n) is 5.63. The van der Waals surface area contributed by atoms with Crippen LogP contribution in [0.4, 0.5) is 20.4 Å². The number of pyridine rings is 1. The summed E-state index contributed by atoms with van der Waals surface area (Å²) < 4.78 is 29.7. The molecule has 4 rings (SSSR count). The zero-order valence-corrected chi connectivity index (χ0v) is 18.9. The number of rotatable bonds is 5. The second-order valence-corrected chi connectivity index (χ2v) is 8.63. The number of hydrogen-bond acceptors (Lipinski definition) is 7. The van der Waals surface area contributed by atoms with Crippen LogP contribution in [0.25, 0.3) is 16.7 Å². The first-order valence-corrected chi connectivity index (χ1v) is 10.6. The Kier molecular flexibility index (Phi) is 5.47. The number of nitrogens with zero attached hydrogens (tertiary/aromatic N) is 7. The summed E-state index contributed by atoms with van der Waals surface area (Å²) in [5.74, 6) is -3.03. The van der Waals surface area contributed by atoms with Gasteiger partial charge in [0.05, 0.1) is 22.4 Å². The van der Waals surface area contributed by atoms with Crippen LogP contribution in [-0.4, -0.2) is 43.7 Å². The van der Waals surface area contributed by atoms with Crippen LogP contribution in [0.1, 0.15) is 45.6 Å². The van der Waals surface area contributed by atoms with Crippen LogP contribution in [0, 0.1) is 16.7 Å². The van der Waals surface area contributed by atoms with E-state index in [0.29, 0.717) is 54.2 Å². The number of alkyl halides is 2. The molecule has 1 amide bonds. The zero-order chi connectivity index (χ0) is 24.0. The third kappa shape index (κ3) is 4.33. The highest BCUT2D eigenvalue weighted by Crippen LogP contribution is 2.36. The molecule has 33 heavy (non-hydrogen) atoms. The lowest BCUT2D eigenvalue weighted by Gasteiger charge is -2.17. The van der Waals surface area contributed by atoms with E-state index < -0.39 is 17.2 Å². The van der Waals surface area contributed by atoms with Crippen LogP contribution in [-0.2, 0) is 17.1 Å². The Morgan fingerprint density at radius 3 is 2.73 bits per heavy atom. The second kappa shape index (κ2) is 8.03. The molecule has 4 heterocycles. The average molecular weight is 454 g/mol. The van der Waals surface area contributed by atoms with E-state index in [2.05, 4.69) is 26.3 Å². The summed E-state index contributed by atoms with van der Waals surface area (Å²) in [6.45, 7) is 6.94. The van der Waals surface area contributed by atoms with Gasteiger partial charge in [0.2, 0.25) is 11.7 Å². The lowest BCUT2D eigenvalue weighted by Crippen LogP contribution is -2.24. The van der Waals surface area contributed by atoms with Crippen LogP contribution in [0.5, 0.6) is 0 Å². The number of aryl methyl sites for hydroxylation is 1. The summed E-state index contributed by atoms with van der Waals surface area (Å²) in [6.07, 6.45) is 2.70. The molecule has 0 radical (unpaired) electrons. The van der Waals surface area contributed by atoms with Gasteiger partial charge in [-0.3, -0.25) is 4.79 Å². The van der Waals surface area contributed by atoms with Gasteiger partial charge in [0, 0.05) is 51.0 Å². The zero-order valence-electron chi connectivity index (χ0n) is 18.9. The molecule has 0 spiro atoms. The standard InChI is InChI=1S/C22H24F2N8O/c1-5-14-8-18(29-20(28-14)22(4,23)24)32-16-9-17(27-13(2)33)26-10-15(16)19(30-32)31-7-6-21(3,11-25)12-31/h8-10H,5-7,12H2,1-4H3,(H,26,27,33). The summed E-state index contributed by atoms with van der Waals surface area (Å²) >= 11 is 0. The van der Waals surface area contributed by atoms with Gasteiger partial charge in [-0.2, -0.15) is 14.0 Å².